The van der Waals surface area contributed by atoms with E-state index in [1.54, 1.807) is 0 Å². The quantitative estimate of drug-likeness (QED) is 0.769. The zero-order chi connectivity index (χ0) is 17.8. The Morgan fingerprint density at radius 1 is 1.22 bits per heavy atom. The first-order chi connectivity index (χ1) is 11.0. The van der Waals surface area contributed by atoms with Gasteiger partial charge in [-0.15, -0.1) is 0 Å². The Bertz CT molecular complexity index is 472. The van der Waals surface area contributed by atoms with Gasteiger partial charge in [-0.2, -0.15) is 0 Å². The number of carboxylic acid groups (broad SMARTS) is 1. The lowest BCUT2D eigenvalue weighted by Crippen LogP contribution is -2.19. The number of aldehydes is 1. The van der Waals surface area contributed by atoms with Gasteiger partial charge in [0.15, 0.2) is 0 Å². The minimum atomic E-state index is -0.605. The predicted molar refractivity (Wildman–Crippen MR) is 96.1 cm³/mol. The minimum absolute atomic E-state index is 0.0452. The number of benzene rings is 1. The van der Waals surface area contributed by atoms with Crippen LogP contribution >= 0.6 is 0 Å². The Morgan fingerprint density at radius 3 is 2.17 bits per heavy atom. The summed E-state index contributed by atoms with van der Waals surface area (Å²) in [5.74, 6) is 0.0960. The largest absolute Gasteiger partial charge is 0.481 e. The fourth-order valence-electron chi connectivity index (χ4n) is 2.83. The molecule has 0 amide bonds. The fourth-order valence-corrected chi connectivity index (χ4v) is 2.83. The van der Waals surface area contributed by atoms with Gasteiger partial charge < -0.3 is 5.11 Å². The van der Waals surface area contributed by atoms with Gasteiger partial charge in [-0.1, -0.05) is 45.9 Å². The van der Waals surface area contributed by atoms with Crippen LogP contribution in [0.3, 0.4) is 0 Å². The van der Waals surface area contributed by atoms with E-state index in [9.17, 15) is 9.59 Å². The maximum Gasteiger partial charge on any atom is 0.306 e. The molecule has 0 spiro atoms. The van der Waals surface area contributed by atoms with E-state index in [1.165, 1.54) is 11.1 Å². The summed E-state index contributed by atoms with van der Waals surface area (Å²) < 4.78 is 0. The Labute approximate surface area is 141 Å². The monoisotopic (exact) mass is 320 g/mol. The van der Waals surface area contributed by atoms with Crippen molar-refractivity contribution in [2.24, 2.45) is 11.8 Å². The molecule has 130 valence electrons. The molecule has 1 aliphatic carbocycles. The van der Waals surface area contributed by atoms with Crippen LogP contribution in [0.1, 0.15) is 74.9 Å². The van der Waals surface area contributed by atoms with Crippen LogP contribution in [0.15, 0.2) is 18.2 Å². The lowest BCUT2D eigenvalue weighted by Gasteiger charge is -2.22. The lowest BCUT2D eigenvalue weighted by molar-refractivity contribution is -0.143. The topological polar surface area (TPSA) is 54.4 Å². The van der Waals surface area contributed by atoms with Gasteiger partial charge >= 0.3 is 5.97 Å². The number of rotatable bonds is 3. The van der Waals surface area contributed by atoms with Crippen molar-refractivity contribution >= 4 is 12.3 Å². The average molecular weight is 320 g/mol. The third-order valence-corrected chi connectivity index (χ3v) is 4.29. The molecule has 1 saturated carbocycles. The highest BCUT2D eigenvalue weighted by atomic mass is 16.4. The Kier molecular flexibility index (Phi) is 11.0. The van der Waals surface area contributed by atoms with Gasteiger partial charge in [0.2, 0.25) is 0 Å². The third kappa shape index (κ3) is 7.45. The van der Waals surface area contributed by atoms with Crippen LogP contribution in [-0.4, -0.2) is 17.4 Å². The van der Waals surface area contributed by atoms with Gasteiger partial charge in [-0.05, 0) is 56.1 Å². The van der Waals surface area contributed by atoms with Crippen LogP contribution in [0, 0.1) is 18.8 Å². The SMILES string of the molecule is CC.CC1CCC(C(=O)O)CC1.CCc1c(C)cccc1C=O. The second-order valence-corrected chi connectivity index (χ2v) is 5.91. The molecule has 1 N–H and O–H groups in total. The van der Waals surface area contributed by atoms with Crippen molar-refractivity contribution < 1.29 is 14.7 Å². The van der Waals surface area contributed by atoms with Crippen molar-refractivity contribution in [3.05, 3.63) is 34.9 Å². The van der Waals surface area contributed by atoms with E-state index < -0.39 is 5.97 Å². The number of carbonyl (C=O) groups excluding carboxylic acids is 1. The molecular weight excluding hydrogens is 288 g/mol. The van der Waals surface area contributed by atoms with Crippen LogP contribution in [0.2, 0.25) is 0 Å². The lowest BCUT2D eigenvalue weighted by atomic mass is 9.83. The maximum atomic E-state index is 10.5. The van der Waals surface area contributed by atoms with E-state index >= 15 is 0 Å². The fraction of sp³-hybridized carbons (Fsp3) is 0.600. The second-order valence-electron chi connectivity index (χ2n) is 5.91. The molecule has 23 heavy (non-hydrogen) atoms. The second kappa shape index (κ2) is 11.9. The normalized spacial score (nSPS) is 19.5. The molecule has 1 aromatic rings. The zero-order valence-corrected chi connectivity index (χ0v) is 15.3. The van der Waals surface area contributed by atoms with Gasteiger partial charge in [-0.3, -0.25) is 9.59 Å². The van der Waals surface area contributed by atoms with Crippen LogP contribution in [0.4, 0.5) is 0 Å². The van der Waals surface area contributed by atoms with E-state index in [0.717, 1.165) is 49.9 Å². The average Bonchev–Trinajstić information content (AvgIpc) is 2.57. The molecule has 0 saturated heterocycles. The Hall–Kier alpha value is -1.64. The van der Waals surface area contributed by atoms with E-state index in [-0.39, 0.29) is 5.92 Å². The summed E-state index contributed by atoms with van der Waals surface area (Å²) in [6.45, 7) is 10.3. The van der Waals surface area contributed by atoms with Gasteiger partial charge in [0.1, 0.15) is 6.29 Å². The molecule has 0 bridgehead atoms. The molecule has 0 radical (unpaired) electrons. The first kappa shape index (κ1) is 21.4. The minimum Gasteiger partial charge on any atom is -0.481 e. The molecule has 1 aliphatic rings. The molecular formula is C20H32O3. The van der Waals surface area contributed by atoms with Crippen LogP contribution in [0.5, 0.6) is 0 Å². The number of carboxylic acids is 1. The Balaban J connectivity index is 0.000000381. The van der Waals surface area contributed by atoms with Crippen molar-refractivity contribution in [2.75, 3.05) is 0 Å². The van der Waals surface area contributed by atoms with Crippen molar-refractivity contribution in [1.82, 2.24) is 0 Å². The summed E-state index contributed by atoms with van der Waals surface area (Å²) in [6, 6.07) is 5.81. The van der Waals surface area contributed by atoms with E-state index in [2.05, 4.69) is 13.8 Å². The first-order valence-corrected chi connectivity index (χ1v) is 8.76. The molecule has 2 rings (SSSR count). The number of aryl methyl sites for hydroxylation is 1. The van der Waals surface area contributed by atoms with Gasteiger partial charge in [-0.25, -0.2) is 0 Å². The molecule has 1 fully saturated rings. The summed E-state index contributed by atoms with van der Waals surface area (Å²) in [5.41, 5.74) is 3.20. The van der Waals surface area contributed by atoms with Crippen molar-refractivity contribution in [2.45, 2.75) is 66.7 Å². The van der Waals surface area contributed by atoms with E-state index in [0.29, 0.717) is 0 Å². The molecule has 0 atom stereocenters. The standard InChI is InChI=1S/C10H12O.C8H14O2.C2H6/c1-3-10-8(2)5-4-6-9(10)7-11;1-6-2-4-7(5-3-6)8(9)10;1-2/h4-7H,3H2,1-2H3;6-7H,2-5H2,1H3,(H,9,10);1-2H3. The summed E-state index contributed by atoms with van der Waals surface area (Å²) in [4.78, 5) is 21.0. The van der Waals surface area contributed by atoms with Gasteiger partial charge in [0.25, 0.3) is 0 Å². The van der Waals surface area contributed by atoms with E-state index in [4.69, 9.17) is 5.11 Å². The number of hydrogen-bond acceptors (Lipinski definition) is 2. The predicted octanol–water partition coefficient (Wildman–Crippen LogP) is 5.29. The highest BCUT2D eigenvalue weighted by Crippen LogP contribution is 2.28. The van der Waals surface area contributed by atoms with Crippen LogP contribution in [0.25, 0.3) is 0 Å². The number of aliphatic carboxylic acids is 1. The number of hydrogen-bond donors (Lipinski definition) is 1. The maximum absolute atomic E-state index is 10.5. The Morgan fingerprint density at radius 2 is 1.78 bits per heavy atom. The summed E-state index contributed by atoms with van der Waals surface area (Å²) >= 11 is 0. The van der Waals surface area contributed by atoms with Crippen molar-refractivity contribution in [3.63, 3.8) is 0 Å². The van der Waals surface area contributed by atoms with Crippen LogP contribution in [-0.2, 0) is 11.2 Å². The van der Waals surface area contributed by atoms with Crippen molar-refractivity contribution in [1.29, 1.82) is 0 Å². The highest BCUT2D eigenvalue weighted by Gasteiger charge is 2.23. The molecule has 0 unspecified atom stereocenters. The van der Waals surface area contributed by atoms with Crippen LogP contribution < -0.4 is 0 Å². The first-order valence-electron chi connectivity index (χ1n) is 8.76. The summed E-state index contributed by atoms with van der Waals surface area (Å²) in [5, 5.41) is 8.62. The van der Waals surface area contributed by atoms with Crippen molar-refractivity contribution in [3.8, 4) is 0 Å². The summed E-state index contributed by atoms with van der Waals surface area (Å²) in [6.07, 6.45) is 5.81. The molecule has 3 nitrogen and oxygen atoms in total. The molecule has 3 heteroatoms. The van der Waals surface area contributed by atoms with Gasteiger partial charge in [0.05, 0.1) is 5.92 Å². The molecule has 0 aromatic heterocycles. The molecule has 1 aromatic carbocycles. The summed E-state index contributed by atoms with van der Waals surface area (Å²) in [7, 11) is 0. The smallest absolute Gasteiger partial charge is 0.306 e. The third-order valence-electron chi connectivity index (χ3n) is 4.29. The van der Waals surface area contributed by atoms with E-state index in [1.807, 2.05) is 39.0 Å². The zero-order valence-electron chi connectivity index (χ0n) is 15.3. The molecule has 0 heterocycles. The number of carbonyl (C=O) groups is 2. The highest BCUT2D eigenvalue weighted by molar-refractivity contribution is 5.77. The van der Waals surface area contributed by atoms with Gasteiger partial charge in [0, 0.05) is 5.56 Å². The molecule has 0 aliphatic heterocycles.